The first kappa shape index (κ1) is 14.5. The maximum Gasteiger partial charge on any atom is 0.0291 e. The van der Waals surface area contributed by atoms with Gasteiger partial charge in [-0.1, -0.05) is 36.2 Å². The molecule has 1 unspecified atom stereocenters. The van der Waals surface area contributed by atoms with E-state index in [0.717, 1.165) is 6.54 Å². The Hall–Kier alpha value is -0.860. The van der Waals surface area contributed by atoms with E-state index in [1.807, 2.05) is 0 Å². The van der Waals surface area contributed by atoms with Crippen LogP contribution in [0.25, 0.3) is 0 Å². The van der Waals surface area contributed by atoms with Crippen LogP contribution in [0.15, 0.2) is 24.3 Å². The minimum absolute atomic E-state index is 0.459. The Balaban J connectivity index is 1.64. The van der Waals surface area contributed by atoms with Gasteiger partial charge in [0.05, 0.1) is 0 Å². The van der Waals surface area contributed by atoms with Crippen molar-refractivity contribution in [2.75, 3.05) is 26.2 Å². The minimum atomic E-state index is 0.459. The van der Waals surface area contributed by atoms with Crippen molar-refractivity contribution >= 4 is 0 Å². The second kappa shape index (κ2) is 7.66. The topological polar surface area (TPSA) is 15.3 Å². The summed E-state index contributed by atoms with van der Waals surface area (Å²) in [4.78, 5) is 2.61. The second-order valence-corrected chi connectivity index (χ2v) is 5.85. The quantitative estimate of drug-likeness (QED) is 0.787. The van der Waals surface area contributed by atoms with E-state index in [9.17, 15) is 0 Å². The van der Waals surface area contributed by atoms with E-state index in [-0.39, 0.29) is 0 Å². The predicted molar refractivity (Wildman–Crippen MR) is 82.5 cm³/mol. The molecule has 0 spiro atoms. The van der Waals surface area contributed by atoms with Gasteiger partial charge in [0.25, 0.3) is 0 Å². The summed E-state index contributed by atoms with van der Waals surface area (Å²) in [5, 5.41) is 3.64. The van der Waals surface area contributed by atoms with Gasteiger partial charge in [-0.25, -0.2) is 0 Å². The number of aryl methyl sites for hydroxylation is 1. The van der Waals surface area contributed by atoms with Gasteiger partial charge in [-0.3, -0.25) is 0 Å². The number of piperidine rings is 1. The smallest absolute Gasteiger partial charge is 0.0291 e. The molecule has 2 rings (SSSR count). The van der Waals surface area contributed by atoms with Crippen LogP contribution in [0.5, 0.6) is 0 Å². The Morgan fingerprint density at radius 1 is 1.21 bits per heavy atom. The van der Waals surface area contributed by atoms with Crippen LogP contribution >= 0.6 is 0 Å². The number of likely N-dealkylation sites (tertiary alicyclic amines) is 1. The molecule has 1 aliphatic heterocycles. The Bertz CT molecular complexity index is 369. The van der Waals surface area contributed by atoms with Gasteiger partial charge >= 0.3 is 0 Å². The lowest BCUT2D eigenvalue weighted by atomic mass is 10.1. The second-order valence-electron chi connectivity index (χ2n) is 5.85. The fourth-order valence-corrected chi connectivity index (χ4v) is 2.86. The first-order valence-corrected chi connectivity index (χ1v) is 7.78. The van der Waals surface area contributed by atoms with E-state index in [4.69, 9.17) is 0 Å². The van der Waals surface area contributed by atoms with Gasteiger partial charge in [0.1, 0.15) is 0 Å². The third-order valence-corrected chi connectivity index (χ3v) is 4.09. The monoisotopic (exact) mass is 260 g/mol. The van der Waals surface area contributed by atoms with Gasteiger partial charge in [-0.05, 0) is 64.9 Å². The molecule has 0 amide bonds. The lowest BCUT2D eigenvalue weighted by molar-refractivity contribution is 0.225. The molecule has 1 aromatic rings. The van der Waals surface area contributed by atoms with E-state index in [1.54, 1.807) is 0 Å². The molecule has 0 saturated carbocycles. The summed E-state index contributed by atoms with van der Waals surface area (Å²) in [7, 11) is 0. The third-order valence-electron chi connectivity index (χ3n) is 4.09. The molecule has 1 aromatic carbocycles. The summed E-state index contributed by atoms with van der Waals surface area (Å²) < 4.78 is 0. The van der Waals surface area contributed by atoms with Crippen LogP contribution < -0.4 is 5.32 Å². The minimum Gasteiger partial charge on any atom is -0.310 e. The Labute approximate surface area is 118 Å². The molecule has 2 heteroatoms. The van der Waals surface area contributed by atoms with Crippen molar-refractivity contribution in [1.82, 2.24) is 10.2 Å². The molecule has 106 valence electrons. The molecule has 1 heterocycles. The Kier molecular flexibility index (Phi) is 5.87. The molecule has 1 saturated heterocycles. The lowest BCUT2D eigenvalue weighted by Crippen LogP contribution is -2.32. The van der Waals surface area contributed by atoms with Crippen LogP contribution in [0.2, 0.25) is 0 Å². The van der Waals surface area contributed by atoms with Crippen molar-refractivity contribution in [2.45, 2.75) is 45.6 Å². The van der Waals surface area contributed by atoms with E-state index in [1.165, 1.54) is 56.4 Å². The summed E-state index contributed by atoms with van der Waals surface area (Å²) in [6, 6.07) is 9.27. The van der Waals surface area contributed by atoms with Crippen LogP contribution in [0.1, 0.15) is 49.8 Å². The maximum atomic E-state index is 3.64. The van der Waals surface area contributed by atoms with Gasteiger partial charge in [0, 0.05) is 6.04 Å². The highest BCUT2D eigenvalue weighted by molar-refractivity contribution is 5.24. The highest BCUT2D eigenvalue weighted by Gasteiger charge is 2.09. The van der Waals surface area contributed by atoms with E-state index in [0.29, 0.717) is 6.04 Å². The molecule has 2 nitrogen and oxygen atoms in total. The SMILES string of the molecule is Cc1cccc(C(C)NCCCN2CCCCC2)c1. The molecule has 1 fully saturated rings. The van der Waals surface area contributed by atoms with Crippen LogP contribution in [-0.4, -0.2) is 31.1 Å². The highest BCUT2D eigenvalue weighted by Crippen LogP contribution is 2.13. The van der Waals surface area contributed by atoms with Crippen molar-refractivity contribution in [2.24, 2.45) is 0 Å². The average molecular weight is 260 g/mol. The lowest BCUT2D eigenvalue weighted by Gasteiger charge is -2.26. The normalized spacial score (nSPS) is 18.4. The van der Waals surface area contributed by atoms with Crippen molar-refractivity contribution in [3.8, 4) is 0 Å². The van der Waals surface area contributed by atoms with Gasteiger partial charge in [-0.15, -0.1) is 0 Å². The van der Waals surface area contributed by atoms with Crippen molar-refractivity contribution < 1.29 is 0 Å². The van der Waals surface area contributed by atoms with Crippen LogP contribution in [0, 0.1) is 6.92 Å². The molecule has 1 atom stereocenters. The fourth-order valence-electron chi connectivity index (χ4n) is 2.86. The predicted octanol–water partition coefficient (Wildman–Crippen LogP) is 3.52. The zero-order chi connectivity index (χ0) is 13.5. The van der Waals surface area contributed by atoms with Crippen molar-refractivity contribution in [3.63, 3.8) is 0 Å². The highest BCUT2D eigenvalue weighted by atomic mass is 15.1. The third kappa shape index (κ3) is 4.96. The molecular formula is C17H28N2. The summed E-state index contributed by atoms with van der Waals surface area (Å²) in [5.74, 6) is 0. The molecule has 0 radical (unpaired) electrons. The number of benzene rings is 1. The number of rotatable bonds is 6. The van der Waals surface area contributed by atoms with Gasteiger partial charge in [0.2, 0.25) is 0 Å². The summed E-state index contributed by atoms with van der Waals surface area (Å²) >= 11 is 0. The zero-order valence-corrected chi connectivity index (χ0v) is 12.5. The van der Waals surface area contributed by atoms with Crippen molar-refractivity contribution in [1.29, 1.82) is 0 Å². The number of hydrogen-bond donors (Lipinski definition) is 1. The van der Waals surface area contributed by atoms with Gasteiger partial charge in [0.15, 0.2) is 0 Å². The van der Waals surface area contributed by atoms with E-state index < -0.39 is 0 Å². The van der Waals surface area contributed by atoms with Crippen LogP contribution in [-0.2, 0) is 0 Å². The molecular weight excluding hydrogens is 232 g/mol. The Morgan fingerprint density at radius 3 is 2.74 bits per heavy atom. The maximum absolute atomic E-state index is 3.64. The number of nitrogens with zero attached hydrogens (tertiary/aromatic N) is 1. The molecule has 0 aromatic heterocycles. The van der Waals surface area contributed by atoms with Gasteiger partial charge < -0.3 is 10.2 Å². The zero-order valence-electron chi connectivity index (χ0n) is 12.5. The Morgan fingerprint density at radius 2 is 2.00 bits per heavy atom. The molecule has 1 N–H and O–H groups in total. The molecule has 19 heavy (non-hydrogen) atoms. The molecule has 1 aliphatic rings. The van der Waals surface area contributed by atoms with E-state index in [2.05, 4.69) is 48.3 Å². The van der Waals surface area contributed by atoms with Crippen LogP contribution in [0.3, 0.4) is 0 Å². The number of nitrogens with one attached hydrogen (secondary N) is 1. The molecule has 0 aliphatic carbocycles. The summed E-state index contributed by atoms with van der Waals surface area (Å²) in [6.45, 7) is 9.42. The summed E-state index contributed by atoms with van der Waals surface area (Å²) in [5.41, 5.74) is 2.75. The standard InChI is InChI=1S/C17H28N2/c1-15-8-6-9-17(14-15)16(2)18-10-7-13-19-11-4-3-5-12-19/h6,8-9,14,16,18H,3-5,7,10-13H2,1-2H3. The van der Waals surface area contributed by atoms with E-state index >= 15 is 0 Å². The fraction of sp³-hybridized carbons (Fsp3) is 0.647. The first-order valence-electron chi connectivity index (χ1n) is 7.78. The molecule has 0 bridgehead atoms. The number of hydrogen-bond acceptors (Lipinski definition) is 2. The first-order chi connectivity index (χ1) is 9.25. The van der Waals surface area contributed by atoms with Crippen molar-refractivity contribution in [3.05, 3.63) is 35.4 Å². The van der Waals surface area contributed by atoms with Gasteiger partial charge in [-0.2, -0.15) is 0 Å². The average Bonchev–Trinajstić information content (AvgIpc) is 2.44. The summed E-state index contributed by atoms with van der Waals surface area (Å²) in [6.07, 6.45) is 5.48. The van der Waals surface area contributed by atoms with Crippen LogP contribution in [0.4, 0.5) is 0 Å². The largest absolute Gasteiger partial charge is 0.310 e.